The first kappa shape index (κ1) is 22.1. The molecule has 1 aromatic heterocycles. The summed E-state index contributed by atoms with van der Waals surface area (Å²) in [6.07, 6.45) is 2.37. The first-order chi connectivity index (χ1) is 14.7. The number of benzene rings is 2. The Balaban J connectivity index is 1.61. The van der Waals surface area contributed by atoms with Crippen molar-refractivity contribution < 1.29 is 9.53 Å². The highest BCUT2D eigenvalue weighted by atomic mass is 16.5. The second kappa shape index (κ2) is 9.04. The molecular formula is C24H27N3O4. The van der Waals surface area contributed by atoms with Crippen LogP contribution in [0.15, 0.2) is 70.4 Å². The van der Waals surface area contributed by atoms with Crippen LogP contribution in [0.5, 0.6) is 11.5 Å². The van der Waals surface area contributed by atoms with Gasteiger partial charge in [0.05, 0.1) is 0 Å². The quantitative estimate of drug-likeness (QED) is 0.631. The number of nitrogens with zero attached hydrogens (tertiary/aromatic N) is 2. The van der Waals surface area contributed by atoms with Gasteiger partial charge in [-0.25, -0.2) is 4.79 Å². The van der Waals surface area contributed by atoms with Crippen molar-refractivity contribution in [3.05, 3.63) is 87.2 Å². The number of rotatable bonds is 7. The van der Waals surface area contributed by atoms with Gasteiger partial charge in [-0.2, -0.15) is 0 Å². The molecule has 0 saturated heterocycles. The topological polar surface area (TPSA) is 82.3 Å². The van der Waals surface area contributed by atoms with Crippen molar-refractivity contribution >= 4 is 11.6 Å². The number of anilines is 1. The Kier molecular flexibility index (Phi) is 6.44. The van der Waals surface area contributed by atoms with Crippen LogP contribution in [-0.2, 0) is 23.8 Å². The highest BCUT2D eigenvalue weighted by Gasteiger charge is 2.17. The number of ether oxygens (including phenoxy) is 1. The predicted octanol–water partition coefficient (Wildman–Crippen LogP) is 3.67. The van der Waals surface area contributed by atoms with E-state index in [1.807, 2.05) is 12.1 Å². The second-order valence-electron chi connectivity index (χ2n) is 8.06. The Morgan fingerprint density at radius 1 is 0.968 bits per heavy atom. The second-order valence-corrected chi connectivity index (χ2v) is 8.06. The van der Waals surface area contributed by atoms with Crippen LogP contribution >= 0.6 is 0 Å². The van der Waals surface area contributed by atoms with Gasteiger partial charge < -0.3 is 10.1 Å². The molecule has 1 heterocycles. The Morgan fingerprint density at radius 2 is 1.55 bits per heavy atom. The van der Waals surface area contributed by atoms with Crippen LogP contribution in [0.4, 0.5) is 5.69 Å². The maximum absolute atomic E-state index is 12.3. The monoisotopic (exact) mass is 421 g/mol. The third kappa shape index (κ3) is 5.31. The number of aromatic nitrogens is 2. The number of nitrogens with one attached hydrogen (secondary N) is 1. The predicted molar refractivity (Wildman–Crippen MR) is 121 cm³/mol. The van der Waals surface area contributed by atoms with Crippen molar-refractivity contribution in [3.8, 4) is 11.5 Å². The molecule has 0 aliphatic heterocycles. The van der Waals surface area contributed by atoms with Crippen LogP contribution in [0.1, 0.15) is 32.8 Å². The van der Waals surface area contributed by atoms with Gasteiger partial charge in [-0.15, -0.1) is 0 Å². The Bertz CT molecular complexity index is 1170. The Labute approximate surface area is 180 Å². The largest absolute Gasteiger partial charge is 0.457 e. The van der Waals surface area contributed by atoms with Crippen molar-refractivity contribution in [2.75, 3.05) is 5.32 Å². The fraction of sp³-hybridized carbons (Fsp3) is 0.292. The van der Waals surface area contributed by atoms with Crippen LogP contribution < -0.4 is 21.3 Å². The van der Waals surface area contributed by atoms with E-state index in [0.29, 0.717) is 11.4 Å². The molecule has 162 valence electrons. The van der Waals surface area contributed by atoms with Crippen molar-refractivity contribution in [2.45, 2.75) is 39.2 Å². The van der Waals surface area contributed by atoms with Crippen molar-refractivity contribution in [3.63, 3.8) is 0 Å². The molecule has 7 heteroatoms. The molecule has 0 aliphatic rings. The van der Waals surface area contributed by atoms with Crippen molar-refractivity contribution in [1.29, 1.82) is 0 Å². The van der Waals surface area contributed by atoms with Gasteiger partial charge in [-0.3, -0.25) is 18.7 Å². The van der Waals surface area contributed by atoms with E-state index in [2.05, 4.69) is 38.2 Å². The van der Waals surface area contributed by atoms with Gasteiger partial charge in [0.1, 0.15) is 18.0 Å². The normalized spacial score (nSPS) is 11.2. The average Bonchev–Trinajstić information content (AvgIpc) is 2.76. The lowest BCUT2D eigenvalue weighted by Crippen LogP contribution is -2.38. The lowest BCUT2D eigenvalue weighted by molar-refractivity contribution is -0.116. The molecule has 3 aromatic rings. The summed E-state index contributed by atoms with van der Waals surface area (Å²) < 4.78 is 8.02. The molecule has 0 aliphatic carbocycles. The van der Waals surface area contributed by atoms with E-state index in [1.165, 1.54) is 29.4 Å². The van der Waals surface area contributed by atoms with E-state index in [4.69, 9.17) is 4.74 Å². The number of amides is 1. The molecule has 0 bridgehead atoms. The zero-order valence-electron chi connectivity index (χ0n) is 18.2. The van der Waals surface area contributed by atoms with Gasteiger partial charge in [0.25, 0.3) is 5.56 Å². The van der Waals surface area contributed by atoms with Crippen LogP contribution in [0.3, 0.4) is 0 Å². The first-order valence-electron chi connectivity index (χ1n) is 10.1. The van der Waals surface area contributed by atoms with Crippen LogP contribution in [0, 0.1) is 0 Å². The number of hydrogen-bond acceptors (Lipinski definition) is 4. The molecule has 3 rings (SSSR count). The SMILES string of the molecule is CCC(C)(C)c1ccc(Oc2ccc(NC(=O)Cn3ccc(=O)n(C)c3=O)cc2)cc1. The molecule has 1 N–H and O–H groups in total. The minimum Gasteiger partial charge on any atom is -0.457 e. The highest BCUT2D eigenvalue weighted by molar-refractivity contribution is 5.90. The lowest BCUT2D eigenvalue weighted by atomic mass is 9.82. The molecule has 31 heavy (non-hydrogen) atoms. The summed E-state index contributed by atoms with van der Waals surface area (Å²) in [6, 6.07) is 16.3. The molecular weight excluding hydrogens is 394 g/mol. The maximum Gasteiger partial charge on any atom is 0.331 e. The summed E-state index contributed by atoms with van der Waals surface area (Å²) in [4.78, 5) is 35.7. The fourth-order valence-electron chi connectivity index (χ4n) is 3.01. The molecule has 7 nitrogen and oxygen atoms in total. The molecule has 0 spiro atoms. The fourth-order valence-corrected chi connectivity index (χ4v) is 3.01. The van der Waals surface area contributed by atoms with Crippen LogP contribution in [0.25, 0.3) is 0 Å². The summed E-state index contributed by atoms with van der Waals surface area (Å²) in [5.41, 5.74) is 1.01. The summed E-state index contributed by atoms with van der Waals surface area (Å²) in [7, 11) is 1.37. The molecule has 0 fully saturated rings. The molecule has 2 aromatic carbocycles. The van der Waals surface area contributed by atoms with E-state index in [-0.39, 0.29) is 17.9 Å². The molecule has 1 amide bonds. The van der Waals surface area contributed by atoms with Gasteiger partial charge >= 0.3 is 5.69 Å². The Morgan fingerprint density at radius 3 is 2.13 bits per heavy atom. The van der Waals surface area contributed by atoms with E-state index < -0.39 is 11.2 Å². The van der Waals surface area contributed by atoms with E-state index in [9.17, 15) is 14.4 Å². The maximum atomic E-state index is 12.3. The van der Waals surface area contributed by atoms with Gasteiger partial charge in [-0.1, -0.05) is 32.9 Å². The van der Waals surface area contributed by atoms with Gasteiger partial charge in [0.15, 0.2) is 0 Å². The Hall–Kier alpha value is -3.61. The van der Waals surface area contributed by atoms with Crippen molar-refractivity contribution in [1.82, 2.24) is 9.13 Å². The first-order valence-corrected chi connectivity index (χ1v) is 10.1. The number of hydrogen-bond donors (Lipinski definition) is 1. The highest BCUT2D eigenvalue weighted by Crippen LogP contribution is 2.29. The minimum absolute atomic E-state index is 0.123. The molecule has 0 saturated carbocycles. The molecule has 0 unspecified atom stereocenters. The third-order valence-corrected chi connectivity index (χ3v) is 5.47. The van der Waals surface area contributed by atoms with Gasteiger partial charge in [0, 0.05) is 25.0 Å². The zero-order valence-corrected chi connectivity index (χ0v) is 18.2. The average molecular weight is 421 g/mol. The zero-order chi connectivity index (χ0) is 22.6. The van der Waals surface area contributed by atoms with Crippen LogP contribution in [0.2, 0.25) is 0 Å². The van der Waals surface area contributed by atoms with Gasteiger partial charge in [0.2, 0.25) is 5.91 Å². The molecule has 0 radical (unpaired) electrons. The minimum atomic E-state index is -0.542. The summed E-state index contributed by atoms with van der Waals surface area (Å²) in [5.74, 6) is 1.01. The van der Waals surface area contributed by atoms with E-state index in [0.717, 1.165) is 16.7 Å². The summed E-state index contributed by atoms with van der Waals surface area (Å²) in [6.45, 7) is 6.41. The lowest BCUT2D eigenvalue weighted by Gasteiger charge is -2.23. The third-order valence-electron chi connectivity index (χ3n) is 5.47. The standard InChI is InChI=1S/C24H27N3O4/c1-5-24(2,3)17-6-10-19(11-7-17)31-20-12-8-18(9-13-20)25-21(28)16-27-15-14-22(29)26(4)23(27)30/h6-15H,5,16H2,1-4H3,(H,25,28). The van der Waals surface area contributed by atoms with Crippen molar-refractivity contribution in [2.24, 2.45) is 7.05 Å². The number of carbonyl (C=O) groups excluding carboxylic acids is 1. The smallest absolute Gasteiger partial charge is 0.331 e. The summed E-state index contributed by atoms with van der Waals surface area (Å²) in [5, 5.41) is 2.73. The number of carbonyl (C=O) groups is 1. The van der Waals surface area contributed by atoms with E-state index in [1.54, 1.807) is 24.3 Å². The van der Waals surface area contributed by atoms with E-state index >= 15 is 0 Å². The van der Waals surface area contributed by atoms with Crippen LogP contribution in [-0.4, -0.2) is 15.0 Å². The van der Waals surface area contributed by atoms with Gasteiger partial charge in [-0.05, 0) is 53.8 Å². The summed E-state index contributed by atoms with van der Waals surface area (Å²) >= 11 is 0. The molecule has 0 atom stereocenters.